The molecule has 0 unspecified atom stereocenters. The minimum absolute atomic E-state index is 0.109. The Kier molecular flexibility index (Phi) is 10.2. The lowest BCUT2D eigenvalue weighted by Crippen LogP contribution is -2.29. The molecule has 2 aromatic rings. The molecule has 3 rings (SSSR count). The average Bonchev–Trinajstić information content (AvgIpc) is 2.90. The van der Waals surface area contributed by atoms with Crippen molar-refractivity contribution in [2.24, 2.45) is 4.99 Å². The van der Waals surface area contributed by atoms with Crippen LogP contribution >= 0.6 is 11.8 Å². The molecule has 0 saturated heterocycles. The molecule has 1 amide bonds. The van der Waals surface area contributed by atoms with Gasteiger partial charge in [-0.3, -0.25) is 9.79 Å². The van der Waals surface area contributed by atoms with E-state index in [1.807, 2.05) is 56.5 Å². The number of amides is 1. The molecule has 1 aliphatic heterocycles. The SMILES string of the molecule is CC1=CSc2ccccc2C(c2cccc(F)c2)=N1.CCC/C=C\CC(=O)NC(C)C. The van der Waals surface area contributed by atoms with E-state index in [0.717, 1.165) is 40.3 Å². The normalized spacial score (nSPS) is 13.0. The Hall–Kier alpha value is -2.66. The van der Waals surface area contributed by atoms with E-state index in [0.29, 0.717) is 6.42 Å². The summed E-state index contributed by atoms with van der Waals surface area (Å²) in [4.78, 5) is 16.8. The van der Waals surface area contributed by atoms with Crippen molar-refractivity contribution in [1.82, 2.24) is 5.32 Å². The van der Waals surface area contributed by atoms with Crippen LogP contribution in [0.3, 0.4) is 0 Å². The molecule has 0 aromatic heterocycles. The number of allylic oxidation sites excluding steroid dienone is 2. The quantitative estimate of drug-likeness (QED) is 0.499. The highest BCUT2D eigenvalue weighted by Crippen LogP contribution is 2.30. The molecule has 0 spiro atoms. The van der Waals surface area contributed by atoms with Crippen LogP contribution in [0.15, 0.2) is 81.7 Å². The Bertz CT molecular complexity index is 963. The van der Waals surface area contributed by atoms with E-state index in [-0.39, 0.29) is 17.8 Å². The molecule has 0 saturated carbocycles. The molecule has 1 heterocycles. The van der Waals surface area contributed by atoms with Gasteiger partial charge in [-0.1, -0.05) is 67.6 Å². The average molecular weight is 439 g/mol. The third kappa shape index (κ3) is 8.54. The van der Waals surface area contributed by atoms with Gasteiger partial charge in [-0.25, -0.2) is 4.39 Å². The van der Waals surface area contributed by atoms with E-state index >= 15 is 0 Å². The number of carbonyl (C=O) groups is 1. The van der Waals surface area contributed by atoms with Crippen molar-refractivity contribution in [3.05, 3.63) is 88.7 Å². The van der Waals surface area contributed by atoms with Gasteiger partial charge in [0.2, 0.25) is 5.91 Å². The number of rotatable bonds is 6. The van der Waals surface area contributed by atoms with Gasteiger partial charge in [-0.05, 0) is 50.8 Å². The second kappa shape index (κ2) is 12.9. The van der Waals surface area contributed by atoms with Crippen molar-refractivity contribution >= 4 is 23.4 Å². The number of halogens is 1. The van der Waals surface area contributed by atoms with Crippen molar-refractivity contribution in [1.29, 1.82) is 0 Å². The Morgan fingerprint density at radius 2 is 1.94 bits per heavy atom. The van der Waals surface area contributed by atoms with Crippen LogP contribution in [0.1, 0.15) is 58.1 Å². The summed E-state index contributed by atoms with van der Waals surface area (Å²) in [6, 6.07) is 14.9. The van der Waals surface area contributed by atoms with Crippen molar-refractivity contribution in [2.45, 2.75) is 57.9 Å². The Balaban J connectivity index is 0.000000248. The monoisotopic (exact) mass is 438 g/mol. The zero-order valence-electron chi connectivity index (χ0n) is 18.7. The van der Waals surface area contributed by atoms with Gasteiger partial charge >= 0.3 is 0 Å². The second-order valence-corrected chi connectivity index (χ2v) is 8.44. The minimum atomic E-state index is -0.240. The fraction of sp³-hybridized carbons (Fsp3) is 0.308. The fourth-order valence-corrected chi connectivity index (χ4v) is 3.69. The second-order valence-electron chi connectivity index (χ2n) is 7.53. The molecule has 0 bridgehead atoms. The smallest absolute Gasteiger partial charge is 0.223 e. The summed E-state index contributed by atoms with van der Waals surface area (Å²) < 4.78 is 13.4. The van der Waals surface area contributed by atoms with E-state index in [4.69, 9.17) is 0 Å². The summed E-state index contributed by atoms with van der Waals surface area (Å²) in [5.74, 6) is -0.131. The number of nitrogens with one attached hydrogen (secondary N) is 1. The molecule has 5 heteroatoms. The maximum absolute atomic E-state index is 13.4. The van der Waals surface area contributed by atoms with Crippen LogP contribution in [0.5, 0.6) is 0 Å². The van der Waals surface area contributed by atoms with Crippen LogP contribution in [-0.4, -0.2) is 17.7 Å². The summed E-state index contributed by atoms with van der Waals surface area (Å²) in [6.07, 6.45) is 6.70. The number of thioether (sulfide) groups is 1. The molecular formula is C26H31FN2OS. The van der Waals surface area contributed by atoms with Gasteiger partial charge in [-0.2, -0.15) is 0 Å². The Labute approximate surface area is 189 Å². The molecular weight excluding hydrogens is 407 g/mol. The Morgan fingerprint density at radius 3 is 2.65 bits per heavy atom. The summed E-state index contributed by atoms with van der Waals surface area (Å²) >= 11 is 1.65. The first-order valence-electron chi connectivity index (χ1n) is 10.6. The van der Waals surface area contributed by atoms with Gasteiger partial charge in [0.1, 0.15) is 5.82 Å². The lowest BCUT2D eigenvalue weighted by molar-refractivity contribution is -0.120. The standard InChI is InChI=1S/C16H12FNS.C10H19NO/c1-11-10-19-15-8-3-2-7-14(15)16(18-11)12-5-4-6-13(17)9-12;1-4-5-6-7-8-10(12)11-9(2)3/h2-10H,1H3;6-7,9H,4-5,8H2,1-3H3,(H,11,12)/b;7-6-. The van der Waals surface area contributed by atoms with Crippen LogP contribution in [0.2, 0.25) is 0 Å². The lowest BCUT2D eigenvalue weighted by Gasteiger charge is -2.09. The predicted octanol–water partition coefficient (Wildman–Crippen LogP) is 6.89. The number of benzene rings is 2. The van der Waals surface area contributed by atoms with Crippen molar-refractivity contribution in [3.63, 3.8) is 0 Å². The highest BCUT2D eigenvalue weighted by Gasteiger charge is 2.14. The van der Waals surface area contributed by atoms with Crippen molar-refractivity contribution in [2.75, 3.05) is 0 Å². The van der Waals surface area contributed by atoms with Gasteiger partial charge in [-0.15, -0.1) is 0 Å². The van der Waals surface area contributed by atoms with Crippen molar-refractivity contribution < 1.29 is 9.18 Å². The van der Waals surface area contributed by atoms with Gasteiger partial charge in [0.25, 0.3) is 0 Å². The number of hydrogen-bond acceptors (Lipinski definition) is 3. The molecule has 2 aromatic carbocycles. The summed E-state index contributed by atoms with van der Waals surface area (Å²) in [6.45, 7) is 8.01. The number of hydrogen-bond donors (Lipinski definition) is 1. The zero-order valence-corrected chi connectivity index (χ0v) is 19.5. The van der Waals surface area contributed by atoms with Crippen LogP contribution in [0.25, 0.3) is 0 Å². The molecule has 0 atom stereocenters. The van der Waals surface area contributed by atoms with E-state index in [1.165, 1.54) is 12.1 Å². The van der Waals surface area contributed by atoms with Crippen molar-refractivity contribution in [3.8, 4) is 0 Å². The van der Waals surface area contributed by atoms with Crippen LogP contribution < -0.4 is 5.32 Å². The predicted molar refractivity (Wildman–Crippen MR) is 130 cm³/mol. The fourth-order valence-electron chi connectivity index (χ4n) is 2.89. The number of fused-ring (bicyclic) bond motifs is 1. The Morgan fingerprint density at radius 1 is 1.16 bits per heavy atom. The van der Waals surface area contributed by atoms with E-state index in [2.05, 4.69) is 29.4 Å². The molecule has 0 fully saturated rings. The number of aliphatic imine (C=N–C) groups is 1. The zero-order chi connectivity index (χ0) is 22.6. The molecule has 164 valence electrons. The first-order chi connectivity index (χ1) is 14.9. The number of nitrogens with zero attached hydrogens (tertiary/aromatic N) is 1. The molecule has 0 aliphatic carbocycles. The van der Waals surface area contributed by atoms with Gasteiger partial charge in [0.05, 0.1) is 5.71 Å². The topological polar surface area (TPSA) is 41.5 Å². The molecule has 1 aliphatic rings. The minimum Gasteiger partial charge on any atom is -0.354 e. The molecule has 0 radical (unpaired) electrons. The van der Waals surface area contributed by atoms with E-state index in [1.54, 1.807) is 17.8 Å². The first-order valence-corrected chi connectivity index (χ1v) is 11.5. The highest BCUT2D eigenvalue weighted by atomic mass is 32.2. The summed E-state index contributed by atoms with van der Waals surface area (Å²) in [7, 11) is 0. The molecule has 31 heavy (non-hydrogen) atoms. The summed E-state index contributed by atoms with van der Waals surface area (Å²) in [5.41, 5.74) is 3.61. The van der Waals surface area contributed by atoms with E-state index < -0.39 is 0 Å². The molecule has 1 N–H and O–H groups in total. The van der Waals surface area contributed by atoms with Crippen LogP contribution in [0.4, 0.5) is 4.39 Å². The third-order valence-electron chi connectivity index (χ3n) is 4.26. The maximum atomic E-state index is 13.4. The number of carbonyl (C=O) groups excluding carboxylic acids is 1. The van der Waals surface area contributed by atoms with Gasteiger partial charge in [0, 0.05) is 34.2 Å². The molecule has 3 nitrogen and oxygen atoms in total. The first kappa shape index (κ1) is 24.6. The van der Waals surface area contributed by atoms with Gasteiger partial charge < -0.3 is 5.32 Å². The van der Waals surface area contributed by atoms with Gasteiger partial charge in [0.15, 0.2) is 0 Å². The number of unbranched alkanes of at least 4 members (excludes halogenated alkanes) is 1. The van der Waals surface area contributed by atoms with Crippen LogP contribution in [0, 0.1) is 5.82 Å². The maximum Gasteiger partial charge on any atom is 0.223 e. The highest BCUT2D eigenvalue weighted by molar-refractivity contribution is 8.02. The van der Waals surface area contributed by atoms with E-state index in [9.17, 15) is 9.18 Å². The largest absolute Gasteiger partial charge is 0.354 e. The third-order valence-corrected chi connectivity index (χ3v) is 5.33. The summed E-state index contributed by atoms with van der Waals surface area (Å²) in [5, 5.41) is 4.85. The lowest BCUT2D eigenvalue weighted by atomic mass is 10.0. The van der Waals surface area contributed by atoms with Crippen LogP contribution in [-0.2, 0) is 4.79 Å².